The van der Waals surface area contributed by atoms with Crippen molar-refractivity contribution in [3.63, 3.8) is 0 Å². The molecular weight excluding hydrogens is 238 g/mol. The average Bonchev–Trinajstić information content (AvgIpc) is 2.97. The van der Waals surface area contributed by atoms with Crippen LogP contribution in [0.1, 0.15) is 24.0 Å². The van der Waals surface area contributed by atoms with Crippen molar-refractivity contribution in [2.75, 3.05) is 6.61 Å². The molecular formula is C11H11F4NO. The Hall–Kier alpha value is -1.14. The van der Waals surface area contributed by atoms with Crippen molar-refractivity contribution in [3.8, 4) is 0 Å². The lowest BCUT2D eigenvalue weighted by Gasteiger charge is -2.16. The molecule has 0 heterocycles. The van der Waals surface area contributed by atoms with Crippen LogP contribution >= 0.6 is 0 Å². The Morgan fingerprint density at radius 1 is 1.24 bits per heavy atom. The Balaban J connectivity index is 2.39. The molecule has 2 rings (SSSR count). The van der Waals surface area contributed by atoms with Gasteiger partial charge in [0.2, 0.25) is 0 Å². The molecule has 94 valence electrons. The highest BCUT2D eigenvalue weighted by molar-refractivity contribution is 5.36. The topological polar surface area (TPSA) is 35.2 Å². The lowest BCUT2D eigenvalue weighted by Crippen LogP contribution is -2.19. The van der Waals surface area contributed by atoms with Crippen molar-refractivity contribution in [3.05, 3.63) is 35.1 Å². The summed E-state index contributed by atoms with van der Waals surface area (Å²) in [5.41, 5.74) is -1.22. The molecule has 0 bridgehead atoms. The molecule has 0 unspecified atom stereocenters. The van der Waals surface area contributed by atoms with E-state index in [9.17, 15) is 17.6 Å². The zero-order valence-electron chi connectivity index (χ0n) is 8.85. The van der Waals surface area contributed by atoms with Crippen LogP contribution in [0.3, 0.4) is 0 Å². The van der Waals surface area contributed by atoms with Gasteiger partial charge in [-0.15, -0.1) is 0 Å². The molecule has 2 nitrogen and oxygen atoms in total. The van der Waals surface area contributed by atoms with Crippen LogP contribution in [0.4, 0.5) is 17.6 Å². The van der Waals surface area contributed by atoms with Crippen molar-refractivity contribution in [1.29, 1.82) is 0 Å². The van der Waals surface area contributed by atoms with Gasteiger partial charge in [0, 0.05) is 5.41 Å². The van der Waals surface area contributed by atoms with Crippen molar-refractivity contribution in [2.24, 2.45) is 5.90 Å². The Morgan fingerprint density at radius 2 is 1.88 bits per heavy atom. The molecule has 1 aliphatic carbocycles. The van der Waals surface area contributed by atoms with E-state index in [1.165, 1.54) is 0 Å². The molecule has 0 radical (unpaired) electrons. The normalized spacial score (nSPS) is 18.2. The summed E-state index contributed by atoms with van der Waals surface area (Å²) in [6.45, 7) is 0.105. The SMILES string of the molecule is NOCC1(c2cc(F)cc(C(F)(F)F)c2)CC1. The van der Waals surface area contributed by atoms with E-state index in [4.69, 9.17) is 5.90 Å². The van der Waals surface area contributed by atoms with Crippen LogP contribution in [0.15, 0.2) is 18.2 Å². The number of hydrogen-bond acceptors (Lipinski definition) is 2. The van der Waals surface area contributed by atoms with E-state index < -0.39 is 23.0 Å². The molecule has 0 saturated heterocycles. The maximum atomic E-state index is 13.2. The van der Waals surface area contributed by atoms with Crippen molar-refractivity contribution in [2.45, 2.75) is 24.4 Å². The molecule has 0 aromatic heterocycles. The average molecular weight is 249 g/mol. The second kappa shape index (κ2) is 3.96. The minimum absolute atomic E-state index is 0.105. The summed E-state index contributed by atoms with van der Waals surface area (Å²) in [4.78, 5) is 4.49. The lowest BCUT2D eigenvalue weighted by molar-refractivity contribution is -0.137. The lowest BCUT2D eigenvalue weighted by atomic mass is 9.95. The van der Waals surface area contributed by atoms with Gasteiger partial charge in [-0.25, -0.2) is 10.3 Å². The monoisotopic (exact) mass is 249 g/mol. The zero-order valence-corrected chi connectivity index (χ0v) is 8.85. The first-order valence-corrected chi connectivity index (χ1v) is 5.07. The molecule has 2 N–H and O–H groups in total. The standard InChI is InChI=1S/C11H11F4NO/c12-9-4-7(10(1-2-10)6-17-16)3-8(5-9)11(13,14)15/h3-5H,1-2,6,16H2. The number of benzene rings is 1. The molecule has 1 aromatic carbocycles. The Morgan fingerprint density at radius 3 is 2.35 bits per heavy atom. The minimum Gasteiger partial charge on any atom is -0.304 e. The predicted molar refractivity (Wildman–Crippen MR) is 52.5 cm³/mol. The Kier molecular flexibility index (Phi) is 2.87. The maximum absolute atomic E-state index is 13.2. The summed E-state index contributed by atoms with van der Waals surface area (Å²) in [5.74, 6) is 4.05. The quantitative estimate of drug-likeness (QED) is 0.660. The van der Waals surface area contributed by atoms with E-state index in [0.29, 0.717) is 24.5 Å². The number of hydrogen-bond donors (Lipinski definition) is 1. The third kappa shape index (κ3) is 2.42. The molecule has 17 heavy (non-hydrogen) atoms. The van der Waals surface area contributed by atoms with Crippen LogP contribution in [-0.2, 0) is 16.4 Å². The first-order valence-electron chi connectivity index (χ1n) is 5.07. The van der Waals surface area contributed by atoms with Crippen LogP contribution in [0.2, 0.25) is 0 Å². The molecule has 0 aliphatic heterocycles. The van der Waals surface area contributed by atoms with Crippen LogP contribution in [0.5, 0.6) is 0 Å². The van der Waals surface area contributed by atoms with Gasteiger partial charge in [0.05, 0.1) is 12.2 Å². The number of rotatable bonds is 3. The van der Waals surface area contributed by atoms with E-state index in [1.807, 2.05) is 0 Å². The summed E-state index contributed by atoms with van der Waals surface area (Å²) in [5, 5.41) is 0. The largest absolute Gasteiger partial charge is 0.416 e. The minimum atomic E-state index is -4.55. The molecule has 0 amide bonds. The fourth-order valence-electron chi connectivity index (χ4n) is 1.89. The van der Waals surface area contributed by atoms with Gasteiger partial charge in [0.1, 0.15) is 5.82 Å². The van der Waals surface area contributed by atoms with Crippen molar-refractivity contribution < 1.29 is 22.4 Å². The zero-order chi connectivity index (χ0) is 12.7. The van der Waals surface area contributed by atoms with E-state index in [-0.39, 0.29) is 6.61 Å². The van der Waals surface area contributed by atoms with Gasteiger partial charge < -0.3 is 4.84 Å². The van der Waals surface area contributed by atoms with Gasteiger partial charge in [-0.3, -0.25) is 0 Å². The number of halogens is 4. The molecule has 1 aromatic rings. The first-order chi connectivity index (χ1) is 7.87. The molecule has 1 saturated carbocycles. The molecule has 6 heteroatoms. The molecule has 1 aliphatic rings. The van der Waals surface area contributed by atoms with Gasteiger partial charge in [0.25, 0.3) is 0 Å². The summed E-state index contributed by atoms with van der Waals surface area (Å²) in [7, 11) is 0. The van der Waals surface area contributed by atoms with E-state index in [1.54, 1.807) is 0 Å². The first kappa shape index (κ1) is 12.3. The second-order valence-electron chi connectivity index (χ2n) is 4.32. The van der Waals surface area contributed by atoms with Gasteiger partial charge in [-0.1, -0.05) is 0 Å². The van der Waals surface area contributed by atoms with Crippen LogP contribution in [-0.4, -0.2) is 6.61 Å². The van der Waals surface area contributed by atoms with Gasteiger partial charge >= 0.3 is 6.18 Å². The van der Waals surface area contributed by atoms with Gasteiger partial charge in [-0.05, 0) is 36.6 Å². The van der Waals surface area contributed by atoms with E-state index in [0.717, 1.165) is 12.1 Å². The molecule has 1 fully saturated rings. The smallest absolute Gasteiger partial charge is 0.304 e. The number of alkyl halides is 3. The van der Waals surface area contributed by atoms with E-state index in [2.05, 4.69) is 4.84 Å². The van der Waals surface area contributed by atoms with Crippen LogP contribution in [0, 0.1) is 5.82 Å². The summed E-state index contributed by atoms with van der Waals surface area (Å²) >= 11 is 0. The third-order valence-corrected chi connectivity index (χ3v) is 3.05. The molecule has 0 atom stereocenters. The second-order valence-corrected chi connectivity index (χ2v) is 4.32. The summed E-state index contributed by atoms with van der Waals surface area (Å²) in [6.07, 6.45) is -3.23. The third-order valence-electron chi connectivity index (χ3n) is 3.05. The van der Waals surface area contributed by atoms with Crippen molar-refractivity contribution in [1.82, 2.24) is 0 Å². The highest BCUT2D eigenvalue weighted by Gasteiger charge is 2.46. The Bertz CT molecular complexity index is 426. The van der Waals surface area contributed by atoms with E-state index >= 15 is 0 Å². The maximum Gasteiger partial charge on any atom is 0.416 e. The Labute approximate surface area is 95.3 Å². The highest BCUT2D eigenvalue weighted by Crippen LogP contribution is 2.49. The summed E-state index contributed by atoms with van der Waals surface area (Å²) in [6, 6.07) is 2.57. The summed E-state index contributed by atoms with van der Waals surface area (Å²) < 4.78 is 50.7. The van der Waals surface area contributed by atoms with Crippen molar-refractivity contribution >= 4 is 0 Å². The van der Waals surface area contributed by atoms with Crippen LogP contribution < -0.4 is 5.90 Å². The predicted octanol–water partition coefficient (Wildman–Crippen LogP) is 2.77. The van der Waals surface area contributed by atoms with Gasteiger partial charge in [0.15, 0.2) is 0 Å². The molecule has 0 spiro atoms. The van der Waals surface area contributed by atoms with Crippen LogP contribution in [0.25, 0.3) is 0 Å². The fourth-order valence-corrected chi connectivity index (χ4v) is 1.89. The highest BCUT2D eigenvalue weighted by atomic mass is 19.4. The number of nitrogens with two attached hydrogens (primary N) is 1. The fraction of sp³-hybridized carbons (Fsp3) is 0.455. The van der Waals surface area contributed by atoms with Gasteiger partial charge in [-0.2, -0.15) is 13.2 Å².